The Morgan fingerprint density at radius 3 is 1.50 bits per heavy atom. The molecular formula is C62H63N3O. The van der Waals surface area contributed by atoms with Crippen LogP contribution in [0.15, 0.2) is 140 Å². The summed E-state index contributed by atoms with van der Waals surface area (Å²) in [6.45, 7) is 29.0. The van der Waals surface area contributed by atoms with Gasteiger partial charge in [-0.1, -0.05) is 123 Å². The van der Waals surface area contributed by atoms with E-state index in [4.69, 9.17) is 9.97 Å². The van der Waals surface area contributed by atoms with Gasteiger partial charge in [0.2, 0.25) is 0 Å². The Balaban J connectivity index is 1.45. The van der Waals surface area contributed by atoms with Gasteiger partial charge in [-0.15, -0.1) is 0 Å². The first-order valence-electron chi connectivity index (χ1n) is 23.4. The molecule has 2 aromatic heterocycles. The number of phenols is 1. The molecule has 332 valence electrons. The molecule has 0 aliphatic carbocycles. The summed E-state index contributed by atoms with van der Waals surface area (Å²) in [4.78, 5) is 10.7. The largest absolute Gasteiger partial charge is 0.507 e. The van der Waals surface area contributed by atoms with Crippen molar-refractivity contribution in [2.45, 2.75) is 106 Å². The lowest BCUT2D eigenvalue weighted by atomic mass is 9.83. The lowest BCUT2D eigenvalue weighted by molar-refractivity contribution is 0.475. The fraction of sp³-hybridized carbons (Fsp3) is 0.258. The summed E-state index contributed by atoms with van der Waals surface area (Å²) < 4.78 is 2.27. The third-order valence-electron chi connectivity index (χ3n) is 13.5. The van der Waals surface area contributed by atoms with Gasteiger partial charge in [0, 0.05) is 28.4 Å². The van der Waals surface area contributed by atoms with Crippen molar-refractivity contribution in [1.82, 2.24) is 14.5 Å². The number of aryl methyl sites for hydroxylation is 4. The van der Waals surface area contributed by atoms with Crippen molar-refractivity contribution in [3.8, 4) is 67.3 Å². The first kappa shape index (κ1) is 44.4. The number of rotatable bonds is 6. The van der Waals surface area contributed by atoms with Crippen LogP contribution in [0, 0.1) is 27.7 Å². The van der Waals surface area contributed by atoms with Crippen LogP contribution in [-0.2, 0) is 16.2 Å². The van der Waals surface area contributed by atoms with E-state index < -0.39 is 0 Å². The van der Waals surface area contributed by atoms with Crippen molar-refractivity contribution < 1.29 is 5.11 Å². The molecule has 4 heteroatoms. The minimum Gasteiger partial charge on any atom is -0.507 e. The molecule has 0 aliphatic rings. The predicted octanol–water partition coefficient (Wildman–Crippen LogP) is 16.7. The molecule has 9 aromatic rings. The molecular weight excluding hydrogens is 803 g/mol. The average molecular weight is 866 g/mol. The van der Waals surface area contributed by atoms with Crippen LogP contribution in [0.4, 0.5) is 0 Å². The van der Waals surface area contributed by atoms with Gasteiger partial charge in [-0.3, -0.25) is 9.55 Å². The Bertz CT molecular complexity index is 3300. The van der Waals surface area contributed by atoms with Crippen molar-refractivity contribution in [1.29, 1.82) is 0 Å². The van der Waals surface area contributed by atoms with Gasteiger partial charge in [-0.2, -0.15) is 0 Å². The third kappa shape index (κ3) is 8.12. The van der Waals surface area contributed by atoms with Crippen LogP contribution in [-0.4, -0.2) is 19.6 Å². The molecule has 4 nitrogen and oxygen atoms in total. The van der Waals surface area contributed by atoms with Crippen molar-refractivity contribution in [3.05, 3.63) is 179 Å². The highest BCUT2D eigenvalue weighted by Crippen LogP contribution is 2.45. The molecule has 0 bridgehead atoms. The number of pyridine rings is 1. The fourth-order valence-electron chi connectivity index (χ4n) is 9.74. The second kappa shape index (κ2) is 16.3. The van der Waals surface area contributed by atoms with Gasteiger partial charge < -0.3 is 5.11 Å². The maximum absolute atomic E-state index is 11.9. The monoisotopic (exact) mass is 865 g/mol. The van der Waals surface area contributed by atoms with E-state index in [1.807, 2.05) is 24.4 Å². The molecule has 0 fully saturated rings. The summed E-state index contributed by atoms with van der Waals surface area (Å²) in [7, 11) is 0. The van der Waals surface area contributed by atoms with Crippen molar-refractivity contribution in [3.63, 3.8) is 0 Å². The molecule has 7 aromatic carbocycles. The number of aromatic hydroxyl groups is 1. The number of nitrogens with zero attached hydrogens (tertiary/aromatic N) is 3. The molecule has 0 radical (unpaired) electrons. The van der Waals surface area contributed by atoms with Crippen molar-refractivity contribution >= 4 is 21.9 Å². The Hall–Kier alpha value is -6.78. The van der Waals surface area contributed by atoms with E-state index in [9.17, 15) is 5.11 Å². The van der Waals surface area contributed by atoms with E-state index >= 15 is 0 Å². The molecule has 0 saturated carbocycles. The summed E-state index contributed by atoms with van der Waals surface area (Å²) >= 11 is 0. The standard InChI is InChI=1S/C62H63N3O/c1-37-17-14-18-38(2)55(37)44-30-42(29-43(31-44)51-36-48(62(11,12)13)32-41-21-16-28-63-57(41)51)50-33-45(56-39(3)19-15-20-40(56)4)34-53-58(50)64-59(52-35-47(61(8,9)10)24-27-54(52)66)65(53)49-25-22-46(23-26-49)60(5,6)7/h14-36,66H,1-13H3. The predicted molar refractivity (Wildman–Crippen MR) is 280 cm³/mol. The second-order valence-corrected chi connectivity index (χ2v) is 21.6. The minimum atomic E-state index is -0.151. The minimum absolute atomic E-state index is 0.0220. The Morgan fingerprint density at radius 1 is 0.439 bits per heavy atom. The molecule has 0 aliphatic heterocycles. The zero-order valence-corrected chi connectivity index (χ0v) is 41.1. The molecule has 0 amide bonds. The zero-order valence-electron chi connectivity index (χ0n) is 41.1. The normalized spacial score (nSPS) is 12.4. The summed E-state index contributed by atoms with van der Waals surface area (Å²) in [6, 6.07) is 48.6. The first-order chi connectivity index (χ1) is 31.2. The highest BCUT2D eigenvalue weighted by atomic mass is 16.3. The number of hydrogen-bond donors (Lipinski definition) is 1. The van der Waals surface area contributed by atoms with E-state index in [0.29, 0.717) is 11.4 Å². The molecule has 2 heterocycles. The van der Waals surface area contributed by atoms with Gasteiger partial charge in [0.05, 0.1) is 22.1 Å². The lowest BCUT2D eigenvalue weighted by Crippen LogP contribution is -2.11. The van der Waals surface area contributed by atoms with Crippen molar-refractivity contribution in [2.75, 3.05) is 0 Å². The van der Waals surface area contributed by atoms with Gasteiger partial charge in [0.15, 0.2) is 0 Å². The van der Waals surface area contributed by atoms with Crippen LogP contribution in [0.25, 0.3) is 83.5 Å². The number of fused-ring (bicyclic) bond motifs is 2. The van der Waals surface area contributed by atoms with Gasteiger partial charge in [0.25, 0.3) is 0 Å². The average Bonchev–Trinajstić information content (AvgIpc) is 3.64. The topological polar surface area (TPSA) is 50.9 Å². The number of hydrogen-bond acceptors (Lipinski definition) is 3. The molecule has 0 spiro atoms. The Kier molecular flexibility index (Phi) is 11.0. The number of aromatic nitrogens is 3. The Labute approximate surface area is 392 Å². The number of imidazole rings is 1. The number of benzene rings is 7. The van der Waals surface area contributed by atoms with E-state index in [1.165, 1.54) is 44.5 Å². The Morgan fingerprint density at radius 2 is 0.939 bits per heavy atom. The van der Waals surface area contributed by atoms with Gasteiger partial charge in [-0.25, -0.2) is 4.98 Å². The first-order valence-corrected chi connectivity index (χ1v) is 23.4. The lowest BCUT2D eigenvalue weighted by Gasteiger charge is -2.22. The summed E-state index contributed by atoms with van der Waals surface area (Å²) in [5.41, 5.74) is 21.6. The SMILES string of the molecule is Cc1cccc(C)c1-c1cc(-c2cc(C(C)(C)C)cc3cccnc23)cc(-c2cc(-c3c(C)cccc3C)cc3c2nc(-c2cc(C(C)(C)C)ccc2O)n3-c2ccc(C(C)(C)C)cc2)c1. The zero-order chi connectivity index (χ0) is 47.0. The number of phenolic OH excluding ortho intramolecular Hbond substituents is 1. The van der Waals surface area contributed by atoms with Crippen LogP contribution >= 0.6 is 0 Å². The van der Waals surface area contributed by atoms with Crippen LogP contribution in [0.1, 0.15) is 101 Å². The van der Waals surface area contributed by atoms with Crippen molar-refractivity contribution in [2.24, 2.45) is 0 Å². The molecule has 0 saturated heterocycles. The summed E-state index contributed by atoms with van der Waals surface area (Å²) in [6.07, 6.45) is 1.91. The quantitative estimate of drug-likeness (QED) is 0.181. The molecule has 9 rings (SSSR count). The maximum atomic E-state index is 11.9. The third-order valence-corrected chi connectivity index (χ3v) is 13.5. The molecule has 0 atom stereocenters. The highest BCUT2D eigenvalue weighted by molar-refractivity contribution is 6.03. The maximum Gasteiger partial charge on any atom is 0.149 e. The molecule has 66 heavy (non-hydrogen) atoms. The van der Waals surface area contributed by atoms with E-state index in [0.717, 1.165) is 66.6 Å². The molecule has 1 N–H and O–H groups in total. The summed E-state index contributed by atoms with van der Waals surface area (Å²) in [5, 5.41) is 13.0. The van der Waals surface area contributed by atoms with Crippen LogP contribution < -0.4 is 0 Å². The van der Waals surface area contributed by atoms with E-state index in [2.05, 4.69) is 210 Å². The van der Waals surface area contributed by atoms with Crippen LogP contribution in [0.2, 0.25) is 0 Å². The highest BCUT2D eigenvalue weighted by Gasteiger charge is 2.26. The molecule has 0 unspecified atom stereocenters. The summed E-state index contributed by atoms with van der Waals surface area (Å²) in [5.74, 6) is 0.885. The van der Waals surface area contributed by atoms with Gasteiger partial charge in [0.1, 0.15) is 11.6 Å². The second-order valence-electron chi connectivity index (χ2n) is 21.6. The van der Waals surface area contributed by atoms with Gasteiger partial charge >= 0.3 is 0 Å². The van der Waals surface area contributed by atoms with E-state index in [1.54, 1.807) is 0 Å². The fourth-order valence-corrected chi connectivity index (χ4v) is 9.74. The van der Waals surface area contributed by atoms with Crippen LogP contribution in [0.5, 0.6) is 5.75 Å². The van der Waals surface area contributed by atoms with Crippen LogP contribution in [0.3, 0.4) is 0 Å². The van der Waals surface area contributed by atoms with Gasteiger partial charge in [-0.05, 0) is 189 Å². The van der Waals surface area contributed by atoms with E-state index in [-0.39, 0.29) is 22.0 Å². The smallest absolute Gasteiger partial charge is 0.149 e.